The van der Waals surface area contributed by atoms with Crippen LogP contribution in [0.2, 0.25) is 0 Å². The lowest BCUT2D eigenvalue weighted by molar-refractivity contribution is -0.129. The molecule has 0 aromatic heterocycles. The molecule has 3 nitrogen and oxygen atoms in total. The molecule has 1 heterocycles. The van der Waals surface area contributed by atoms with E-state index in [-0.39, 0.29) is 18.1 Å². The quantitative estimate of drug-likeness (QED) is 0.570. The summed E-state index contributed by atoms with van der Waals surface area (Å²) in [7, 11) is 0. The molecule has 3 heteroatoms. The minimum absolute atomic E-state index is 0.101. The number of nitrogens with zero attached hydrogens (tertiary/aromatic N) is 1. The van der Waals surface area contributed by atoms with Crippen molar-refractivity contribution >= 4 is 5.91 Å². The van der Waals surface area contributed by atoms with E-state index >= 15 is 0 Å². The van der Waals surface area contributed by atoms with Gasteiger partial charge in [0.15, 0.2) is 0 Å². The van der Waals surface area contributed by atoms with Gasteiger partial charge in [-0.1, -0.05) is 5.92 Å². The van der Waals surface area contributed by atoms with Crippen LogP contribution in [0.1, 0.15) is 32.1 Å². The van der Waals surface area contributed by atoms with Crippen molar-refractivity contribution in [3.63, 3.8) is 0 Å². The van der Waals surface area contributed by atoms with E-state index in [0.29, 0.717) is 0 Å². The number of amides is 1. The first-order chi connectivity index (χ1) is 6.78. The highest BCUT2D eigenvalue weighted by Crippen LogP contribution is 2.48. The molecule has 0 atom stereocenters. The van der Waals surface area contributed by atoms with Gasteiger partial charge in [0.25, 0.3) is 5.91 Å². The van der Waals surface area contributed by atoms with Gasteiger partial charge in [-0.25, -0.2) is 0 Å². The van der Waals surface area contributed by atoms with Gasteiger partial charge < -0.3 is 10.0 Å². The molecule has 1 N–H and O–H groups in total. The fraction of sp³-hybridized carbons (Fsp3) is 0.727. The van der Waals surface area contributed by atoms with Crippen LogP contribution in [0.3, 0.4) is 0 Å². The Hall–Kier alpha value is -1.01. The fourth-order valence-electron chi connectivity index (χ4n) is 2.26. The lowest BCUT2D eigenvalue weighted by atomic mass is 10.00. The number of aliphatic hydroxyl groups excluding tert-OH is 1. The molecular formula is C11H15NO2. The molecule has 0 bridgehead atoms. The number of piperidine rings is 1. The topological polar surface area (TPSA) is 40.5 Å². The summed E-state index contributed by atoms with van der Waals surface area (Å²) in [5.74, 6) is 4.81. The Morgan fingerprint density at radius 3 is 2.79 bits per heavy atom. The maximum Gasteiger partial charge on any atom is 0.299 e. The smallest absolute Gasteiger partial charge is 0.299 e. The number of rotatable bonds is 0. The van der Waals surface area contributed by atoms with Gasteiger partial charge in [-0.15, -0.1) is 0 Å². The summed E-state index contributed by atoms with van der Waals surface area (Å²) in [5, 5.41) is 8.51. The Bertz CT molecular complexity index is 296. The Kier molecular flexibility index (Phi) is 2.47. The van der Waals surface area contributed by atoms with E-state index in [9.17, 15) is 4.79 Å². The van der Waals surface area contributed by atoms with Crippen molar-refractivity contribution in [3.05, 3.63) is 0 Å². The summed E-state index contributed by atoms with van der Waals surface area (Å²) in [5.41, 5.74) is 0.166. The maximum atomic E-state index is 11.7. The van der Waals surface area contributed by atoms with E-state index in [4.69, 9.17) is 5.11 Å². The summed E-state index contributed by atoms with van der Waals surface area (Å²) in [6.45, 7) is 0.617. The number of aliphatic hydroxyl groups is 1. The number of likely N-dealkylation sites (tertiary alicyclic amines) is 1. The van der Waals surface area contributed by atoms with Crippen LogP contribution in [0.15, 0.2) is 0 Å². The largest absolute Gasteiger partial charge is 0.384 e. The van der Waals surface area contributed by atoms with Crippen molar-refractivity contribution in [1.29, 1.82) is 0 Å². The molecule has 1 aliphatic carbocycles. The van der Waals surface area contributed by atoms with Crippen molar-refractivity contribution in [2.75, 3.05) is 13.2 Å². The number of carbonyl (C=O) groups excluding carboxylic acids is 1. The third-order valence-electron chi connectivity index (χ3n) is 3.19. The van der Waals surface area contributed by atoms with Gasteiger partial charge in [0.05, 0.1) is 0 Å². The second kappa shape index (κ2) is 3.62. The van der Waals surface area contributed by atoms with Crippen LogP contribution in [0.5, 0.6) is 0 Å². The zero-order valence-corrected chi connectivity index (χ0v) is 8.25. The van der Waals surface area contributed by atoms with Crippen LogP contribution in [0, 0.1) is 11.8 Å². The van der Waals surface area contributed by atoms with Gasteiger partial charge in [-0.05, 0) is 38.0 Å². The Labute approximate surface area is 84.1 Å². The predicted octanol–water partition coefficient (Wildman–Crippen LogP) is 0.527. The molecule has 14 heavy (non-hydrogen) atoms. The third-order valence-corrected chi connectivity index (χ3v) is 3.19. The first-order valence-electron chi connectivity index (χ1n) is 5.20. The Morgan fingerprint density at radius 2 is 2.14 bits per heavy atom. The highest BCUT2D eigenvalue weighted by molar-refractivity contribution is 5.94. The predicted molar refractivity (Wildman–Crippen MR) is 52.4 cm³/mol. The molecule has 2 rings (SSSR count). The number of carbonyl (C=O) groups is 1. The van der Waals surface area contributed by atoms with Crippen molar-refractivity contribution in [2.45, 2.75) is 37.6 Å². The highest BCUT2D eigenvalue weighted by Gasteiger charge is 2.50. The minimum Gasteiger partial charge on any atom is -0.384 e. The van der Waals surface area contributed by atoms with E-state index in [2.05, 4.69) is 11.8 Å². The Morgan fingerprint density at radius 1 is 1.36 bits per heavy atom. The Balaban J connectivity index is 2.05. The van der Waals surface area contributed by atoms with E-state index in [0.717, 1.165) is 32.2 Å². The van der Waals surface area contributed by atoms with E-state index in [1.54, 1.807) is 0 Å². The van der Waals surface area contributed by atoms with Crippen molar-refractivity contribution < 1.29 is 9.90 Å². The van der Waals surface area contributed by atoms with E-state index in [1.165, 1.54) is 6.42 Å². The highest BCUT2D eigenvalue weighted by atomic mass is 16.2. The van der Waals surface area contributed by atoms with Crippen LogP contribution >= 0.6 is 0 Å². The van der Waals surface area contributed by atoms with Crippen LogP contribution < -0.4 is 0 Å². The maximum absolute atomic E-state index is 11.7. The summed E-state index contributed by atoms with van der Waals surface area (Å²) >= 11 is 0. The van der Waals surface area contributed by atoms with Gasteiger partial charge in [0.2, 0.25) is 0 Å². The molecule has 76 valence electrons. The first kappa shape index (κ1) is 9.54. The van der Waals surface area contributed by atoms with Crippen LogP contribution in [-0.4, -0.2) is 34.6 Å². The second-order valence-electron chi connectivity index (χ2n) is 4.10. The van der Waals surface area contributed by atoms with E-state index in [1.807, 2.05) is 4.90 Å². The molecule has 2 fully saturated rings. The van der Waals surface area contributed by atoms with Crippen LogP contribution in [0.4, 0.5) is 0 Å². The summed E-state index contributed by atoms with van der Waals surface area (Å²) in [4.78, 5) is 13.6. The van der Waals surface area contributed by atoms with Crippen molar-refractivity contribution in [3.8, 4) is 11.8 Å². The molecule has 1 saturated carbocycles. The zero-order chi connectivity index (χ0) is 10.0. The summed E-state index contributed by atoms with van der Waals surface area (Å²) in [6.07, 6.45) is 5.74. The standard InChI is InChI=1S/C11H15NO2/c13-9-3-4-10(14)12-8-2-1-5-11(12)6-7-11/h13H,1-2,5-9H2. The van der Waals surface area contributed by atoms with Crippen molar-refractivity contribution in [1.82, 2.24) is 4.90 Å². The molecule has 1 spiro atoms. The van der Waals surface area contributed by atoms with Crippen LogP contribution in [0.25, 0.3) is 0 Å². The van der Waals surface area contributed by atoms with Crippen molar-refractivity contribution in [2.24, 2.45) is 0 Å². The second-order valence-corrected chi connectivity index (χ2v) is 4.10. The fourth-order valence-corrected chi connectivity index (χ4v) is 2.26. The lowest BCUT2D eigenvalue weighted by Gasteiger charge is -2.34. The monoisotopic (exact) mass is 193 g/mol. The van der Waals surface area contributed by atoms with Gasteiger partial charge >= 0.3 is 0 Å². The molecule has 1 aliphatic heterocycles. The van der Waals surface area contributed by atoms with E-state index < -0.39 is 0 Å². The number of hydrogen-bond acceptors (Lipinski definition) is 2. The third kappa shape index (κ3) is 1.62. The van der Waals surface area contributed by atoms with Gasteiger partial charge in [0, 0.05) is 12.1 Å². The molecule has 0 radical (unpaired) electrons. The molecule has 0 aromatic carbocycles. The molecule has 1 saturated heterocycles. The number of hydrogen-bond donors (Lipinski definition) is 1. The molecule has 1 amide bonds. The molecule has 0 unspecified atom stereocenters. The first-order valence-corrected chi connectivity index (χ1v) is 5.20. The van der Waals surface area contributed by atoms with Crippen LogP contribution in [-0.2, 0) is 4.79 Å². The molecular weight excluding hydrogens is 178 g/mol. The van der Waals surface area contributed by atoms with Gasteiger partial charge in [-0.3, -0.25) is 4.79 Å². The molecule has 2 aliphatic rings. The summed E-state index contributed by atoms with van der Waals surface area (Å²) < 4.78 is 0. The molecule has 0 aromatic rings. The average molecular weight is 193 g/mol. The van der Waals surface area contributed by atoms with Gasteiger partial charge in [0.1, 0.15) is 6.61 Å². The average Bonchev–Trinajstić information content (AvgIpc) is 2.96. The van der Waals surface area contributed by atoms with Gasteiger partial charge in [-0.2, -0.15) is 0 Å². The minimum atomic E-state index is -0.230. The zero-order valence-electron chi connectivity index (χ0n) is 8.25. The SMILES string of the molecule is O=C(C#CCO)N1CCCCC12CC2. The lowest BCUT2D eigenvalue weighted by Crippen LogP contribution is -2.45. The summed E-state index contributed by atoms with van der Waals surface area (Å²) in [6, 6.07) is 0. The normalized spacial score (nSPS) is 22.8.